The number of benzene rings is 2. The van der Waals surface area contributed by atoms with Gasteiger partial charge in [-0.25, -0.2) is 19.0 Å². The van der Waals surface area contributed by atoms with Crippen molar-refractivity contribution in [2.24, 2.45) is 0 Å². The molecule has 0 saturated carbocycles. The molecule has 1 aliphatic heterocycles. The number of anilines is 2. The van der Waals surface area contributed by atoms with Crippen LogP contribution in [-0.4, -0.2) is 43.8 Å². The fourth-order valence-corrected chi connectivity index (χ4v) is 5.02. The summed E-state index contributed by atoms with van der Waals surface area (Å²) in [5, 5.41) is 6.15. The molecule has 0 spiro atoms. The first-order valence-corrected chi connectivity index (χ1v) is 12.0. The van der Waals surface area contributed by atoms with Crippen molar-refractivity contribution in [1.82, 2.24) is 24.7 Å². The van der Waals surface area contributed by atoms with Crippen LogP contribution in [0.1, 0.15) is 11.6 Å². The van der Waals surface area contributed by atoms with E-state index < -0.39 is 5.82 Å². The number of carbonyl (C=O) groups is 1. The second-order valence-electron chi connectivity index (χ2n) is 9.04. The van der Waals surface area contributed by atoms with E-state index in [1.54, 1.807) is 27.8 Å². The third-order valence-corrected chi connectivity index (χ3v) is 6.72. The van der Waals surface area contributed by atoms with Crippen LogP contribution < -0.4 is 15.4 Å². The average Bonchev–Trinajstić information content (AvgIpc) is 3.52. The van der Waals surface area contributed by atoms with E-state index in [-0.39, 0.29) is 30.1 Å². The van der Waals surface area contributed by atoms with Gasteiger partial charge in [-0.2, -0.15) is 5.10 Å². The van der Waals surface area contributed by atoms with E-state index in [9.17, 15) is 9.18 Å². The molecule has 0 saturated heterocycles. The molecule has 9 nitrogen and oxygen atoms in total. The number of amides is 1. The number of hydrogen-bond acceptors (Lipinski definition) is 6. The van der Waals surface area contributed by atoms with E-state index in [2.05, 4.69) is 28.1 Å². The van der Waals surface area contributed by atoms with Crippen molar-refractivity contribution in [2.45, 2.75) is 12.5 Å². The van der Waals surface area contributed by atoms with Gasteiger partial charge in [-0.1, -0.05) is 37.4 Å². The number of aromatic amines is 1. The molecule has 0 fully saturated rings. The topological polar surface area (TPSA) is 115 Å². The molecule has 3 aromatic heterocycles. The summed E-state index contributed by atoms with van der Waals surface area (Å²) in [6.45, 7) is 7.84. The number of carbonyl (C=O) groups excluding carboxylic acids is 1. The zero-order valence-electron chi connectivity index (χ0n) is 20.4. The molecular formula is C28H24FN7O2. The summed E-state index contributed by atoms with van der Waals surface area (Å²) < 4.78 is 21.8. The molecule has 2 aromatic carbocycles. The lowest BCUT2D eigenvalue weighted by atomic mass is 9.97. The molecule has 1 amide bonds. The Morgan fingerprint density at radius 2 is 2.08 bits per heavy atom. The highest BCUT2D eigenvalue weighted by atomic mass is 19.1. The lowest BCUT2D eigenvalue weighted by Crippen LogP contribution is -2.40. The molecule has 0 bridgehead atoms. The Hall–Kier alpha value is -4.99. The standard InChI is InChI=1S/C28H24FN7O2/c1-3-9-38-23-13-20-17(11-19(23)29)12-21(33-20)26-25-27(30)31-15-32-28(25)36(34-26)18-10-16-7-5-6-8-22(16)35(14-18)24(37)4-2/h3-8,11-13,15,18,33H,1-2,9-10,14H2,(H2,30,31,32). The number of nitrogens with two attached hydrogens (primary N) is 1. The summed E-state index contributed by atoms with van der Waals surface area (Å²) in [4.78, 5) is 26.5. The van der Waals surface area contributed by atoms with Crippen molar-refractivity contribution >= 4 is 39.3 Å². The largest absolute Gasteiger partial charge is 0.486 e. The van der Waals surface area contributed by atoms with Crippen LogP contribution in [0.2, 0.25) is 0 Å². The predicted molar refractivity (Wildman–Crippen MR) is 144 cm³/mol. The monoisotopic (exact) mass is 509 g/mol. The van der Waals surface area contributed by atoms with Gasteiger partial charge in [-0.05, 0) is 36.3 Å². The number of ether oxygens (including phenoxy) is 1. The summed E-state index contributed by atoms with van der Waals surface area (Å²) in [5.41, 5.74) is 10.6. The number of aromatic nitrogens is 5. The highest BCUT2D eigenvalue weighted by Gasteiger charge is 2.31. The van der Waals surface area contributed by atoms with Gasteiger partial charge in [0, 0.05) is 29.2 Å². The number of H-pyrrole nitrogens is 1. The Balaban J connectivity index is 1.48. The number of nitrogen functional groups attached to an aromatic ring is 1. The molecular weight excluding hydrogens is 485 g/mol. The van der Waals surface area contributed by atoms with Crippen LogP contribution in [0.5, 0.6) is 5.75 Å². The van der Waals surface area contributed by atoms with E-state index in [1.165, 1.54) is 18.5 Å². The molecule has 10 heteroatoms. The van der Waals surface area contributed by atoms with Gasteiger partial charge in [-0.15, -0.1) is 0 Å². The van der Waals surface area contributed by atoms with E-state index in [4.69, 9.17) is 15.6 Å². The van der Waals surface area contributed by atoms with E-state index in [0.29, 0.717) is 46.3 Å². The summed E-state index contributed by atoms with van der Waals surface area (Å²) in [5.74, 6) is -0.278. The Bertz CT molecular complexity index is 1740. The zero-order chi connectivity index (χ0) is 26.4. The molecule has 4 heterocycles. The lowest BCUT2D eigenvalue weighted by molar-refractivity contribution is -0.114. The minimum atomic E-state index is -0.476. The quantitative estimate of drug-likeness (QED) is 0.256. The van der Waals surface area contributed by atoms with Crippen LogP contribution in [0.25, 0.3) is 33.3 Å². The molecule has 0 aliphatic carbocycles. The minimum absolute atomic E-state index is 0.122. The molecule has 0 radical (unpaired) electrons. The molecule has 1 aliphatic rings. The lowest BCUT2D eigenvalue weighted by Gasteiger charge is -2.34. The third-order valence-electron chi connectivity index (χ3n) is 6.72. The van der Waals surface area contributed by atoms with Crippen molar-refractivity contribution in [3.8, 4) is 17.1 Å². The molecule has 5 aromatic rings. The summed E-state index contributed by atoms with van der Waals surface area (Å²) in [7, 11) is 0. The maximum atomic E-state index is 14.6. The van der Waals surface area contributed by atoms with Crippen LogP contribution in [0.15, 0.2) is 74.1 Å². The maximum Gasteiger partial charge on any atom is 0.250 e. The number of nitrogens with one attached hydrogen (secondary N) is 1. The fourth-order valence-electron chi connectivity index (χ4n) is 5.02. The second-order valence-corrected chi connectivity index (χ2v) is 9.04. The van der Waals surface area contributed by atoms with Gasteiger partial charge in [0.1, 0.15) is 24.4 Å². The van der Waals surface area contributed by atoms with Crippen LogP contribution >= 0.6 is 0 Å². The first-order valence-electron chi connectivity index (χ1n) is 12.0. The van der Waals surface area contributed by atoms with Crippen molar-refractivity contribution in [2.75, 3.05) is 23.8 Å². The van der Waals surface area contributed by atoms with Gasteiger partial charge in [-0.3, -0.25) is 4.79 Å². The van der Waals surface area contributed by atoms with Crippen LogP contribution in [0, 0.1) is 5.82 Å². The number of fused-ring (bicyclic) bond motifs is 3. The van der Waals surface area contributed by atoms with Crippen molar-refractivity contribution < 1.29 is 13.9 Å². The number of para-hydroxylation sites is 1. The first-order chi connectivity index (χ1) is 18.5. The Labute approximate surface area is 217 Å². The number of rotatable bonds is 6. The second kappa shape index (κ2) is 9.15. The molecule has 38 heavy (non-hydrogen) atoms. The van der Waals surface area contributed by atoms with Crippen LogP contribution in [-0.2, 0) is 11.2 Å². The first kappa shape index (κ1) is 23.4. The number of hydrogen-bond donors (Lipinski definition) is 2. The number of halogens is 1. The molecule has 1 unspecified atom stereocenters. The maximum absolute atomic E-state index is 14.6. The van der Waals surface area contributed by atoms with Crippen LogP contribution in [0.4, 0.5) is 15.9 Å². The zero-order valence-corrected chi connectivity index (χ0v) is 20.4. The Kier molecular flexibility index (Phi) is 5.64. The summed E-state index contributed by atoms with van der Waals surface area (Å²) >= 11 is 0. The van der Waals surface area contributed by atoms with Gasteiger partial charge in [0.15, 0.2) is 17.2 Å². The normalized spacial score (nSPS) is 15.0. The molecule has 6 rings (SSSR count). The molecule has 1 atom stereocenters. The fraction of sp³-hybridized carbons (Fsp3) is 0.143. The third kappa shape index (κ3) is 3.78. The Morgan fingerprint density at radius 1 is 1.24 bits per heavy atom. The summed E-state index contributed by atoms with van der Waals surface area (Å²) in [6.07, 6.45) is 4.90. The van der Waals surface area contributed by atoms with Crippen molar-refractivity contribution in [3.05, 3.63) is 85.5 Å². The molecule has 3 N–H and O–H groups in total. The predicted octanol–water partition coefficient (Wildman–Crippen LogP) is 4.58. The van der Waals surface area contributed by atoms with Gasteiger partial charge >= 0.3 is 0 Å². The SMILES string of the molecule is C=CCOc1cc2[nH]c(-c3nn(C4Cc5ccccc5N(C(=O)C=C)C4)c4ncnc(N)c34)cc2cc1F. The number of nitrogens with zero attached hydrogens (tertiary/aromatic N) is 5. The van der Waals surface area contributed by atoms with Crippen molar-refractivity contribution in [1.29, 1.82) is 0 Å². The summed E-state index contributed by atoms with van der Waals surface area (Å²) in [6, 6.07) is 12.4. The van der Waals surface area contributed by atoms with Crippen molar-refractivity contribution in [3.63, 3.8) is 0 Å². The van der Waals surface area contributed by atoms with E-state index >= 15 is 0 Å². The van der Waals surface area contributed by atoms with E-state index in [0.717, 1.165) is 11.3 Å². The highest BCUT2D eigenvalue weighted by molar-refractivity contribution is 6.02. The van der Waals surface area contributed by atoms with Gasteiger partial charge in [0.2, 0.25) is 5.91 Å². The van der Waals surface area contributed by atoms with Gasteiger partial charge < -0.3 is 20.4 Å². The highest BCUT2D eigenvalue weighted by Crippen LogP contribution is 2.37. The van der Waals surface area contributed by atoms with Gasteiger partial charge in [0.25, 0.3) is 0 Å². The van der Waals surface area contributed by atoms with Gasteiger partial charge in [0.05, 0.1) is 17.1 Å². The molecule has 190 valence electrons. The van der Waals surface area contributed by atoms with E-state index in [1.807, 2.05) is 24.3 Å². The Morgan fingerprint density at radius 3 is 2.89 bits per heavy atom. The van der Waals surface area contributed by atoms with Crippen LogP contribution in [0.3, 0.4) is 0 Å². The smallest absolute Gasteiger partial charge is 0.250 e. The average molecular weight is 510 g/mol. The minimum Gasteiger partial charge on any atom is -0.486 e.